The number of nitrogens with one attached hydrogen (secondary N) is 2. The highest BCUT2D eigenvalue weighted by atomic mass is 32.2. The Hall–Kier alpha value is -2.81. The lowest BCUT2D eigenvalue weighted by Gasteiger charge is -2.31. The lowest BCUT2D eigenvalue weighted by atomic mass is 10.3. The molecule has 1 fully saturated rings. The second kappa shape index (κ2) is 7.61. The molecule has 0 unspecified atom stereocenters. The predicted octanol–water partition coefficient (Wildman–Crippen LogP) is 0.112. The maximum Gasteiger partial charge on any atom is 0.245 e. The molecular weight excluding hydrogens is 356 g/mol. The van der Waals surface area contributed by atoms with E-state index in [1.165, 1.54) is 10.5 Å². The molecular formula is C15H18N8O2S. The van der Waals surface area contributed by atoms with Crippen LogP contribution in [0.5, 0.6) is 0 Å². The summed E-state index contributed by atoms with van der Waals surface area (Å²) >= 11 is 0. The molecule has 11 heteroatoms. The molecule has 0 saturated carbocycles. The van der Waals surface area contributed by atoms with Gasteiger partial charge in [0.25, 0.3) is 0 Å². The molecule has 2 heterocycles. The Morgan fingerprint density at radius 1 is 1.31 bits per heavy atom. The van der Waals surface area contributed by atoms with Crippen molar-refractivity contribution >= 4 is 21.3 Å². The minimum atomic E-state index is -3.64. The van der Waals surface area contributed by atoms with Crippen molar-refractivity contribution in [3.63, 3.8) is 0 Å². The number of hydrogen-bond acceptors (Lipinski definition) is 8. The van der Waals surface area contributed by atoms with Crippen molar-refractivity contribution in [3.8, 4) is 6.07 Å². The summed E-state index contributed by atoms with van der Waals surface area (Å²) in [5.41, 5.74) is 0.508. The Labute approximate surface area is 151 Å². The first-order chi connectivity index (χ1) is 12.5. The fraction of sp³-hybridized carbons (Fsp3) is 0.333. The summed E-state index contributed by atoms with van der Waals surface area (Å²) in [4.78, 5) is 2.24. The molecule has 1 aromatic carbocycles. The topological polar surface area (TPSA) is 131 Å². The number of nitrogens with zero attached hydrogens (tertiary/aromatic N) is 6. The van der Waals surface area contributed by atoms with E-state index >= 15 is 0 Å². The predicted molar refractivity (Wildman–Crippen MR) is 94.1 cm³/mol. The molecule has 26 heavy (non-hydrogen) atoms. The number of rotatable bonds is 5. The fourth-order valence-electron chi connectivity index (χ4n) is 2.55. The van der Waals surface area contributed by atoms with Gasteiger partial charge < -0.3 is 10.2 Å². The minimum absolute atomic E-state index is 0.124. The molecule has 0 radical (unpaired) electrons. The van der Waals surface area contributed by atoms with E-state index in [0.29, 0.717) is 31.9 Å². The highest BCUT2D eigenvalue weighted by Gasteiger charge is 2.29. The molecule has 10 nitrogen and oxygen atoms in total. The van der Waals surface area contributed by atoms with E-state index < -0.39 is 10.0 Å². The van der Waals surface area contributed by atoms with E-state index in [4.69, 9.17) is 0 Å². The summed E-state index contributed by atoms with van der Waals surface area (Å²) in [7, 11) is -1.68. The number of aromatic amines is 1. The smallest absolute Gasteiger partial charge is 0.245 e. The molecule has 1 aromatic heterocycles. The third-order valence-corrected chi connectivity index (χ3v) is 6.00. The van der Waals surface area contributed by atoms with Gasteiger partial charge in [0.2, 0.25) is 15.8 Å². The van der Waals surface area contributed by atoms with E-state index in [1.54, 1.807) is 24.3 Å². The maximum absolute atomic E-state index is 13.0. The number of likely N-dealkylation sites (N-methyl/N-ethyl adjacent to an activating group) is 1. The van der Waals surface area contributed by atoms with Gasteiger partial charge >= 0.3 is 0 Å². The van der Waals surface area contributed by atoms with E-state index in [2.05, 4.69) is 30.8 Å². The van der Waals surface area contributed by atoms with Gasteiger partial charge in [-0.1, -0.05) is 12.1 Å². The monoisotopic (exact) mass is 374 g/mol. The zero-order chi connectivity index (χ0) is 18.6. The molecule has 2 aromatic rings. The van der Waals surface area contributed by atoms with Crippen LogP contribution in [0.15, 0.2) is 35.4 Å². The van der Waals surface area contributed by atoms with Crippen molar-refractivity contribution in [3.05, 3.63) is 36.3 Å². The Morgan fingerprint density at radius 3 is 2.69 bits per heavy atom. The first kappa shape index (κ1) is 18.0. The van der Waals surface area contributed by atoms with E-state index in [-0.39, 0.29) is 16.3 Å². The standard InChI is InChI=1S/C15H18N8O2S/c1-22-6-8-23(9-7-22)26(24,25)14-5-3-2-4-13(14)17-11-12(10-16)15-18-20-21-19-15/h2-5,11,17H,6-9H2,1H3,(H,18,19,20,21). The summed E-state index contributed by atoms with van der Waals surface area (Å²) in [5.74, 6) is 0.124. The first-order valence-electron chi connectivity index (χ1n) is 7.90. The lowest BCUT2D eigenvalue weighted by molar-refractivity contribution is 0.222. The molecule has 0 aliphatic carbocycles. The SMILES string of the molecule is CN1CCN(S(=O)(=O)c2ccccc2NC=C(C#N)c2nn[nH]n2)CC1. The second-order valence-electron chi connectivity index (χ2n) is 5.75. The third kappa shape index (κ3) is 3.72. The van der Waals surface area contributed by atoms with Gasteiger partial charge in [0.1, 0.15) is 16.5 Å². The molecule has 136 valence electrons. The molecule has 3 rings (SSSR count). The summed E-state index contributed by atoms with van der Waals surface area (Å²) in [6, 6.07) is 8.53. The van der Waals surface area contributed by atoms with Gasteiger partial charge in [0, 0.05) is 32.4 Å². The van der Waals surface area contributed by atoms with Crippen LogP contribution >= 0.6 is 0 Å². The van der Waals surface area contributed by atoms with Crippen LogP contribution in [0.1, 0.15) is 5.82 Å². The summed E-state index contributed by atoms with van der Waals surface area (Å²) in [6.45, 7) is 2.25. The Balaban J connectivity index is 1.88. The van der Waals surface area contributed by atoms with Gasteiger partial charge in [-0.15, -0.1) is 10.2 Å². The maximum atomic E-state index is 13.0. The fourth-order valence-corrected chi connectivity index (χ4v) is 4.13. The largest absolute Gasteiger partial charge is 0.359 e. The molecule has 1 saturated heterocycles. The summed E-state index contributed by atoms with van der Waals surface area (Å²) in [6.07, 6.45) is 1.36. The number of piperazine rings is 1. The number of hydrogen-bond donors (Lipinski definition) is 2. The number of para-hydroxylation sites is 1. The van der Waals surface area contributed by atoms with Crippen LogP contribution in [0.2, 0.25) is 0 Å². The van der Waals surface area contributed by atoms with Gasteiger partial charge in [-0.05, 0) is 24.4 Å². The van der Waals surface area contributed by atoms with E-state index in [9.17, 15) is 13.7 Å². The lowest BCUT2D eigenvalue weighted by Crippen LogP contribution is -2.47. The third-order valence-electron chi connectivity index (χ3n) is 4.05. The van der Waals surface area contributed by atoms with Crippen molar-refractivity contribution in [1.82, 2.24) is 29.8 Å². The molecule has 1 aliphatic rings. The summed E-state index contributed by atoms with van der Waals surface area (Å²) < 4.78 is 27.5. The molecule has 2 N–H and O–H groups in total. The zero-order valence-corrected chi connectivity index (χ0v) is 14.9. The van der Waals surface area contributed by atoms with Crippen molar-refractivity contribution in [2.24, 2.45) is 0 Å². The number of allylic oxidation sites excluding steroid dienone is 1. The van der Waals surface area contributed by atoms with Gasteiger partial charge in [-0.25, -0.2) is 8.42 Å². The van der Waals surface area contributed by atoms with Gasteiger partial charge in [0.15, 0.2) is 0 Å². The average Bonchev–Trinajstić information content (AvgIpc) is 3.17. The van der Waals surface area contributed by atoms with Crippen LogP contribution in [0, 0.1) is 11.3 Å². The number of benzene rings is 1. The normalized spacial score (nSPS) is 17.0. The number of sulfonamides is 1. The zero-order valence-electron chi connectivity index (χ0n) is 14.1. The molecule has 0 bridgehead atoms. The average molecular weight is 374 g/mol. The Bertz CT molecular complexity index is 925. The number of tetrazole rings is 1. The highest BCUT2D eigenvalue weighted by Crippen LogP contribution is 2.25. The van der Waals surface area contributed by atoms with Crippen LogP contribution in [-0.4, -0.2) is 71.5 Å². The van der Waals surface area contributed by atoms with Crippen molar-refractivity contribution < 1.29 is 8.42 Å². The van der Waals surface area contributed by atoms with E-state index in [1.807, 2.05) is 13.1 Å². The quantitative estimate of drug-likeness (QED) is 0.705. The molecule has 0 spiro atoms. The molecule has 0 amide bonds. The number of aromatic nitrogens is 4. The second-order valence-corrected chi connectivity index (χ2v) is 7.66. The minimum Gasteiger partial charge on any atom is -0.359 e. The van der Waals surface area contributed by atoms with E-state index in [0.717, 1.165) is 0 Å². The van der Waals surface area contributed by atoms with Gasteiger partial charge in [-0.3, -0.25) is 0 Å². The molecule has 0 atom stereocenters. The highest BCUT2D eigenvalue weighted by molar-refractivity contribution is 7.89. The van der Waals surface area contributed by atoms with Crippen LogP contribution in [0.4, 0.5) is 5.69 Å². The number of anilines is 1. The van der Waals surface area contributed by atoms with Crippen LogP contribution < -0.4 is 5.32 Å². The van der Waals surface area contributed by atoms with Gasteiger partial charge in [-0.2, -0.15) is 14.8 Å². The van der Waals surface area contributed by atoms with Gasteiger partial charge in [0.05, 0.1) is 5.69 Å². The van der Waals surface area contributed by atoms with Crippen LogP contribution in [-0.2, 0) is 10.0 Å². The Morgan fingerprint density at radius 2 is 2.04 bits per heavy atom. The van der Waals surface area contributed by atoms with Crippen LogP contribution in [0.3, 0.4) is 0 Å². The number of H-pyrrole nitrogens is 1. The van der Waals surface area contributed by atoms with Crippen LogP contribution in [0.25, 0.3) is 5.57 Å². The van der Waals surface area contributed by atoms with Crippen molar-refractivity contribution in [1.29, 1.82) is 5.26 Å². The van der Waals surface area contributed by atoms with Crippen molar-refractivity contribution in [2.45, 2.75) is 4.90 Å². The number of nitriles is 1. The van der Waals surface area contributed by atoms with Crippen molar-refractivity contribution in [2.75, 3.05) is 38.5 Å². The Kier molecular flexibility index (Phi) is 5.27. The first-order valence-corrected chi connectivity index (χ1v) is 9.34. The molecule has 1 aliphatic heterocycles. The summed E-state index contributed by atoms with van der Waals surface area (Å²) in [5, 5.41) is 25.3.